The van der Waals surface area contributed by atoms with Crippen LogP contribution in [0.4, 0.5) is 4.39 Å². The van der Waals surface area contributed by atoms with Crippen molar-refractivity contribution in [3.05, 3.63) is 29.8 Å². The lowest BCUT2D eigenvalue weighted by atomic mass is 10.1. The van der Waals surface area contributed by atoms with Crippen molar-refractivity contribution in [3.8, 4) is 0 Å². The van der Waals surface area contributed by atoms with Crippen molar-refractivity contribution >= 4 is 0 Å². The summed E-state index contributed by atoms with van der Waals surface area (Å²) in [6, 6.07) is 2.91. The number of rotatable bonds is 4. The summed E-state index contributed by atoms with van der Waals surface area (Å²) in [6.45, 7) is 0.903. The Morgan fingerprint density at radius 1 is 1.50 bits per heavy atom. The van der Waals surface area contributed by atoms with E-state index in [1.165, 1.54) is 12.3 Å². The second kappa shape index (κ2) is 5.02. The third-order valence-electron chi connectivity index (χ3n) is 2.02. The molecule has 78 valence electrons. The first-order chi connectivity index (χ1) is 6.59. The van der Waals surface area contributed by atoms with Gasteiger partial charge in [0.05, 0.1) is 11.9 Å². The molecule has 1 aromatic rings. The van der Waals surface area contributed by atoms with E-state index in [0.717, 1.165) is 18.7 Å². The highest BCUT2D eigenvalue weighted by molar-refractivity contribution is 5.09. The van der Waals surface area contributed by atoms with E-state index in [-0.39, 0.29) is 11.9 Å². The van der Waals surface area contributed by atoms with E-state index in [9.17, 15) is 4.39 Å². The summed E-state index contributed by atoms with van der Waals surface area (Å²) in [7, 11) is 3.98. The Hall–Kier alpha value is -1.00. The smallest absolute Gasteiger partial charge is 0.141 e. The van der Waals surface area contributed by atoms with Crippen LogP contribution in [0.3, 0.4) is 0 Å². The van der Waals surface area contributed by atoms with Gasteiger partial charge >= 0.3 is 0 Å². The van der Waals surface area contributed by atoms with Gasteiger partial charge in [0, 0.05) is 6.04 Å². The Balaban J connectivity index is 2.52. The van der Waals surface area contributed by atoms with E-state index >= 15 is 0 Å². The van der Waals surface area contributed by atoms with Crippen LogP contribution in [0.1, 0.15) is 18.2 Å². The monoisotopic (exact) mass is 197 g/mol. The number of halogens is 1. The molecule has 1 heterocycles. The maximum absolute atomic E-state index is 12.6. The lowest BCUT2D eigenvalue weighted by Crippen LogP contribution is -2.20. The van der Waals surface area contributed by atoms with Crippen LogP contribution in [-0.2, 0) is 0 Å². The van der Waals surface area contributed by atoms with Crippen molar-refractivity contribution in [2.75, 3.05) is 20.6 Å². The van der Waals surface area contributed by atoms with Crippen molar-refractivity contribution in [2.45, 2.75) is 12.5 Å². The molecule has 0 amide bonds. The van der Waals surface area contributed by atoms with Gasteiger partial charge in [0.15, 0.2) is 0 Å². The zero-order chi connectivity index (χ0) is 10.6. The maximum Gasteiger partial charge on any atom is 0.141 e. The second-order valence-electron chi connectivity index (χ2n) is 3.60. The Labute approximate surface area is 83.7 Å². The Kier molecular flexibility index (Phi) is 3.98. The first-order valence-electron chi connectivity index (χ1n) is 4.61. The predicted molar refractivity (Wildman–Crippen MR) is 54.3 cm³/mol. The fraction of sp³-hybridized carbons (Fsp3) is 0.500. The van der Waals surface area contributed by atoms with Crippen LogP contribution in [0.2, 0.25) is 0 Å². The molecular formula is C10H16FN3. The molecule has 0 aromatic carbocycles. The number of pyridine rings is 1. The van der Waals surface area contributed by atoms with Gasteiger partial charge in [-0.25, -0.2) is 4.39 Å². The normalized spacial score (nSPS) is 13.2. The van der Waals surface area contributed by atoms with Crippen LogP contribution < -0.4 is 5.73 Å². The molecule has 3 nitrogen and oxygen atoms in total. The Morgan fingerprint density at radius 2 is 2.21 bits per heavy atom. The van der Waals surface area contributed by atoms with Crippen molar-refractivity contribution in [3.63, 3.8) is 0 Å². The lowest BCUT2D eigenvalue weighted by molar-refractivity contribution is 0.381. The van der Waals surface area contributed by atoms with Gasteiger partial charge in [-0.2, -0.15) is 0 Å². The summed E-state index contributed by atoms with van der Waals surface area (Å²) in [4.78, 5) is 6.00. The third kappa shape index (κ3) is 3.40. The van der Waals surface area contributed by atoms with Crippen molar-refractivity contribution in [2.24, 2.45) is 5.73 Å². The van der Waals surface area contributed by atoms with E-state index in [0.29, 0.717) is 0 Å². The van der Waals surface area contributed by atoms with Gasteiger partial charge in [0.1, 0.15) is 5.82 Å². The minimum Gasteiger partial charge on any atom is -0.323 e. The molecular weight excluding hydrogens is 181 g/mol. The molecule has 0 saturated heterocycles. The van der Waals surface area contributed by atoms with E-state index in [2.05, 4.69) is 9.88 Å². The van der Waals surface area contributed by atoms with E-state index in [1.807, 2.05) is 14.1 Å². The minimum absolute atomic E-state index is 0.113. The molecule has 0 aliphatic heterocycles. The molecule has 1 aromatic heterocycles. The quantitative estimate of drug-likeness (QED) is 0.788. The van der Waals surface area contributed by atoms with Crippen LogP contribution >= 0.6 is 0 Å². The van der Waals surface area contributed by atoms with E-state index < -0.39 is 0 Å². The van der Waals surface area contributed by atoms with Gasteiger partial charge < -0.3 is 10.6 Å². The van der Waals surface area contributed by atoms with Gasteiger partial charge in [-0.1, -0.05) is 0 Å². The molecule has 1 atom stereocenters. The van der Waals surface area contributed by atoms with Gasteiger partial charge in [0.25, 0.3) is 0 Å². The largest absolute Gasteiger partial charge is 0.323 e. The van der Waals surface area contributed by atoms with Crippen molar-refractivity contribution in [1.82, 2.24) is 9.88 Å². The molecule has 0 saturated carbocycles. The number of nitrogens with two attached hydrogens (primary N) is 1. The lowest BCUT2D eigenvalue weighted by Gasteiger charge is -2.14. The molecule has 0 radical (unpaired) electrons. The maximum atomic E-state index is 12.6. The minimum atomic E-state index is -0.325. The molecule has 0 spiro atoms. The topological polar surface area (TPSA) is 42.1 Å². The average Bonchev–Trinajstić information content (AvgIpc) is 2.15. The molecule has 1 rings (SSSR count). The molecule has 4 heteroatoms. The number of hydrogen-bond donors (Lipinski definition) is 1. The predicted octanol–water partition coefficient (Wildman–Crippen LogP) is 1.17. The first-order valence-corrected chi connectivity index (χ1v) is 4.61. The highest BCUT2D eigenvalue weighted by atomic mass is 19.1. The van der Waals surface area contributed by atoms with Crippen LogP contribution in [0, 0.1) is 5.82 Å². The molecule has 0 aliphatic rings. The first kappa shape index (κ1) is 11.1. The summed E-state index contributed by atoms with van der Waals surface area (Å²) in [6.07, 6.45) is 2.02. The zero-order valence-corrected chi connectivity index (χ0v) is 8.57. The molecule has 1 unspecified atom stereocenters. The number of nitrogens with zero attached hydrogens (tertiary/aromatic N) is 2. The Bertz CT molecular complexity index is 271. The molecule has 0 aliphatic carbocycles. The number of aromatic nitrogens is 1. The fourth-order valence-electron chi connectivity index (χ4n) is 1.15. The van der Waals surface area contributed by atoms with Gasteiger partial charge in [-0.3, -0.25) is 4.98 Å². The summed E-state index contributed by atoms with van der Waals surface area (Å²) in [5.74, 6) is -0.325. The standard InChI is InChI=1S/C10H16FN3/c1-14(2)6-5-9(12)10-4-3-8(11)7-13-10/h3-4,7,9H,5-6,12H2,1-2H3. The van der Waals surface area contributed by atoms with Crippen LogP contribution in [-0.4, -0.2) is 30.5 Å². The van der Waals surface area contributed by atoms with Crippen LogP contribution in [0.15, 0.2) is 18.3 Å². The SMILES string of the molecule is CN(C)CCC(N)c1ccc(F)cn1. The number of hydrogen-bond acceptors (Lipinski definition) is 3. The Morgan fingerprint density at radius 3 is 2.71 bits per heavy atom. The third-order valence-corrected chi connectivity index (χ3v) is 2.02. The average molecular weight is 197 g/mol. The van der Waals surface area contributed by atoms with Crippen molar-refractivity contribution < 1.29 is 4.39 Å². The van der Waals surface area contributed by atoms with E-state index in [1.54, 1.807) is 6.07 Å². The highest BCUT2D eigenvalue weighted by Gasteiger charge is 2.07. The molecule has 0 bridgehead atoms. The summed E-state index contributed by atoms with van der Waals surface area (Å²) in [5, 5.41) is 0. The summed E-state index contributed by atoms with van der Waals surface area (Å²) in [5.41, 5.74) is 6.63. The summed E-state index contributed by atoms with van der Waals surface area (Å²) < 4.78 is 12.6. The van der Waals surface area contributed by atoms with Gasteiger partial charge in [-0.15, -0.1) is 0 Å². The molecule has 14 heavy (non-hydrogen) atoms. The second-order valence-corrected chi connectivity index (χ2v) is 3.60. The zero-order valence-electron chi connectivity index (χ0n) is 8.57. The molecule has 2 N–H and O–H groups in total. The highest BCUT2D eigenvalue weighted by Crippen LogP contribution is 2.11. The van der Waals surface area contributed by atoms with Crippen LogP contribution in [0.5, 0.6) is 0 Å². The van der Waals surface area contributed by atoms with Crippen molar-refractivity contribution in [1.29, 1.82) is 0 Å². The van der Waals surface area contributed by atoms with E-state index in [4.69, 9.17) is 5.73 Å². The van der Waals surface area contributed by atoms with Gasteiger partial charge in [0.2, 0.25) is 0 Å². The van der Waals surface area contributed by atoms with Gasteiger partial charge in [-0.05, 0) is 39.2 Å². The summed E-state index contributed by atoms with van der Waals surface area (Å²) >= 11 is 0. The molecule has 0 fully saturated rings. The fourth-order valence-corrected chi connectivity index (χ4v) is 1.15. The van der Waals surface area contributed by atoms with Crippen LogP contribution in [0.25, 0.3) is 0 Å².